The number of nitrogens with zero attached hydrogens (tertiary/aromatic N) is 4. The molecule has 2 aromatic rings. The third-order valence-electron chi connectivity index (χ3n) is 2.90. The summed E-state index contributed by atoms with van der Waals surface area (Å²) in [5.41, 5.74) is 0.466. The van der Waals surface area contributed by atoms with E-state index < -0.39 is 6.03 Å². The van der Waals surface area contributed by atoms with E-state index in [1.165, 1.54) is 12.4 Å². The van der Waals surface area contributed by atoms with Crippen molar-refractivity contribution in [2.75, 3.05) is 37.9 Å². The minimum absolute atomic E-state index is 0.102. The molecule has 0 aliphatic heterocycles. The van der Waals surface area contributed by atoms with Crippen LogP contribution in [0.1, 0.15) is 6.42 Å². The van der Waals surface area contributed by atoms with Gasteiger partial charge in [0, 0.05) is 11.6 Å². The number of carbonyl (C=O) groups excluding carboxylic acids is 1. The van der Waals surface area contributed by atoms with Crippen LogP contribution in [0.3, 0.4) is 0 Å². The first-order chi connectivity index (χ1) is 11.5. The predicted octanol–water partition coefficient (Wildman–Crippen LogP) is 2.50. The van der Waals surface area contributed by atoms with Crippen LogP contribution in [0.15, 0.2) is 30.6 Å². The average molecular weight is 351 g/mol. The highest BCUT2D eigenvalue weighted by atomic mass is 35.5. The summed E-state index contributed by atoms with van der Waals surface area (Å²) in [5.74, 6) is 0.644. The summed E-state index contributed by atoms with van der Waals surface area (Å²) in [7, 11) is 4.00. The lowest BCUT2D eigenvalue weighted by Crippen LogP contribution is -2.21. The molecule has 0 unspecified atom stereocenters. The summed E-state index contributed by atoms with van der Waals surface area (Å²) < 4.78 is 5.72. The van der Waals surface area contributed by atoms with Gasteiger partial charge in [0.25, 0.3) is 5.95 Å². The maximum Gasteiger partial charge on any atom is 0.326 e. The molecular formula is C15H19ClN6O2. The maximum absolute atomic E-state index is 12.0. The van der Waals surface area contributed by atoms with Gasteiger partial charge in [-0.05, 0) is 38.7 Å². The number of urea groups is 1. The van der Waals surface area contributed by atoms with Crippen LogP contribution in [-0.4, -0.2) is 53.4 Å². The maximum atomic E-state index is 12.0. The summed E-state index contributed by atoms with van der Waals surface area (Å²) in [6.45, 7) is 1.44. The molecule has 0 bridgehead atoms. The molecule has 2 N–H and O–H groups in total. The molecule has 0 aliphatic carbocycles. The quantitative estimate of drug-likeness (QED) is 0.745. The number of carbonyl (C=O) groups is 1. The molecule has 0 aliphatic rings. The van der Waals surface area contributed by atoms with Gasteiger partial charge in [-0.3, -0.25) is 5.32 Å². The fourth-order valence-corrected chi connectivity index (χ4v) is 2.02. The largest absolute Gasteiger partial charge is 0.491 e. The highest BCUT2D eigenvalue weighted by molar-refractivity contribution is 6.31. The number of benzene rings is 1. The van der Waals surface area contributed by atoms with Gasteiger partial charge in [-0.15, -0.1) is 5.10 Å². The van der Waals surface area contributed by atoms with E-state index in [-0.39, 0.29) is 5.95 Å². The zero-order valence-electron chi connectivity index (χ0n) is 13.5. The Bertz CT molecular complexity index is 668. The molecule has 0 spiro atoms. The zero-order valence-corrected chi connectivity index (χ0v) is 14.2. The van der Waals surface area contributed by atoms with Crippen molar-refractivity contribution in [3.8, 4) is 5.75 Å². The van der Waals surface area contributed by atoms with Crippen molar-refractivity contribution in [2.45, 2.75) is 6.42 Å². The molecule has 8 nitrogen and oxygen atoms in total. The smallest absolute Gasteiger partial charge is 0.326 e. The SMILES string of the molecule is CN(C)CCCOc1ccc(Cl)cc1NC(=O)Nc1nccnn1. The molecule has 2 rings (SSSR count). The van der Waals surface area contributed by atoms with Crippen molar-refractivity contribution in [3.05, 3.63) is 35.6 Å². The molecule has 2 amide bonds. The first kappa shape index (κ1) is 17.9. The number of hydrogen-bond donors (Lipinski definition) is 2. The van der Waals surface area contributed by atoms with Gasteiger partial charge >= 0.3 is 6.03 Å². The molecule has 0 fully saturated rings. The number of hydrogen-bond acceptors (Lipinski definition) is 6. The Morgan fingerprint density at radius 3 is 2.83 bits per heavy atom. The number of aromatic nitrogens is 3. The molecule has 24 heavy (non-hydrogen) atoms. The first-order valence-corrected chi connectivity index (χ1v) is 7.71. The van der Waals surface area contributed by atoms with Crippen LogP contribution < -0.4 is 15.4 Å². The van der Waals surface area contributed by atoms with Crippen LogP contribution in [-0.2, 0) is 0 Å². The Labute approximate surface area is 145 Å². The van der Waals surface area contributed by atoms with Crippen LogP contribution in [0, 0.1) is 0 Å². The Balaban J connectivity index is 1.97. The number of nitrogens with one attached hydrogen (secondary N) is 2. The molecule has 0 saturated heterocycles. The Kier molecular flexibility index (Phi) is 6.71. The Hall–Kier alpha value is -2.45. The number of halogens is 1. The van der Waals surface area contributed by atoms with E-state index in [0.29, 0.717) is 23.1 Å². The van der Waals surface area contributed by atoms with Crippen LogP contribution in [0.5, 0.6) is 5.75 Å². The predicted molar refractivity (Wildman–Crippen MR) is 92.6 cm³/mol. The van der Waals surface area contributed by atoms with Crippen LogP contribution in [0.4, 0.5) is 16.4 Å². The summed E-state index contributed by atoms with van der Waals surface area (Å²) in [6.07, 6.45) is 3.71. The van der Waals surface area contributed by atoms with Gasteiger partial charge in [0.1, 0.15) is 5.75 Å². The normalized spacial score (nSPS) is 10.5. The lowest BCUT2D eigenvalue weighted by Gasteiger charge is -2.14. The first-order valence-electron chi connectivity index (χ1n) is 7.33. The van der Waals surface area contributed by atoms with Crippen LogP contribution in [0.25, 0.3) is 0 Å². The second kappa shape index (κ2) is 8.99. The topological polar surface area (TPSA) is 92.3 Å². The third kappa shape index (κ3) is 5.98. The molecule has 1 heterocycles. The van der Waals surface area contributed by atoms with Gasteiger partial charge in [0.2, 0.25) is 0 Å². The van der Waals surface area contributed by atoms with E-state index in [1.807, 2.05) is 14.1 Å². The van der Waals surface area contributed by atoms with Gasteiger partial charge in [-0.2, -0.15) is 5.10 Å². The van der Waals surface area contributed by atoms with Gasteiger partial charge in [0.15, 0.2) is 0 Å². The van der Waals surface area contributed by atoms with Crippen molar-refractivity contribution in [1.29, 1.82) is 0 Å². The highest BCUT2D eigenvalue weighted by Gasteiger charge is 2.10. The van der Waals surface area contributed by atoms with Gasteiger partial charge in [-0.1, -0.05) is 11.6 Å². The number of rotatable bonds is 7. The molecule has 128 valence electrons. The second-order valence-corrected chi connectivity index (χ2v) is 5.63. The number of anilines is 2. The summed E-state index contributed by atoms with van der Waals surface area (Å²) >= 11 is 5.99. The second-order valence-electron chi connectivity index (χ2n) is 5.19. The number of ether oxygens (including phenoxy) is 1. The van der Waals surface area contributed by atoms with E-state index in [0.717, 1.165) is 13.0 Å². The van der Waals surface area contributed by atoms with E-state index in [1.54, 1.807) is 18.2 Å². The number of amides is 2. The fourth-order valence-electron chi connectivity index (χ4n) is 1.85. The highest BCUT2D eigenvalue weighted by Crippen LogP contribution is 2.28. The Morgan fingerprint density at radius 1 is 1.29 bits per heavy atom. The van der Waals surface area contributed by atoms with E-state index in [9.17, 15) is 4.79 Å². The standard InChI is InChI=1S/C15H19ClN6O2/c1-22(2)8-3-9-24-13-5-4-11(16)10-12(13)19-15(23)20-14-17-6-7-18-21-14/h4-7,10H,3,8-9H2,1-2H3,(H2,17,19,20,21,23). The van der Waals surface area contributed by atoms with Crippen molar-refractivity contribution in [1.82, 2.24) is 20.1 Å². The lowest BCUT2D eigenvalue weighted by molar-refractivity contribution is 0.261. The third-order valence-corrected chi connectivity index (χ3v) is 3.14. The molecule has 0 saturated carbocycles. The van der Waals surface area contributed by atoms with Crippen LogP contribution >= 0.6 is 11.6 Å². The van der Waals surface area contributed by atoms with Gasteiger partial charge in [-0.25, -0.2) is 9.78 Å². The van der Waals surface area contributed by atoms with Crippen molar-refractivity contribution in [3.63, 3.8) is 0 Å². The van der Waals surface area contributed by atoms with E-state index >= 15 is 0 Å². The van der Waals surface area contributed by atoms with Crippen molar-refractivity contribution < 1.29 is 9.53 Å². The molecule has 9 heteroatoms. The van der Waals surface area contributed by atoms with E-state index in [2.05, 4.69) is 30.7 Å². The molecule has 0 radical (unpaired) electrons. The minimum atomic E-state index is -0.511. The summed E-state index contributed by atoms with van der Waals surface area (Å²) in [5, 5.41) is 13.0. The molecule has 1 aromatic carbocycles. The average Bonchev–Trinajstić information content (AvgIpc) is 2.54. The fraction of sp³-hybridized carbons (Fsp3) is 0.333. The van der Waals surface area contributed by atoms with Gasteiger partial charge < -0.3 is 15.0 Å². The molecule has 0 atom stereocenters. The van der Waals surface area contributed by atoms with Crippen LogP contribution in [0.2, 0.25) is 5.02 Å². The van der Waals surface area contributed by atoms with Crippen molar-refractivity contribution >= 4 is 29.3 Å². The zero-order chi connectivity index (χ0) is 17.4. The van der Waals surface area contributed by atoms with E-state index in [4.69, 9.17) is 16.3 Å². The molecule has 1 aromatic heterocycles. The minimum Gasteiger partial charge on any atom is -0.491 e. The summed E-state index contributed by atoms with van der Waals surface area (Å²) in [6, 6.07) is 4.53. The lowest BCUT2D eigenvalue weighted by atomic mass is 10.3. The summed E-state index contributed by atoms with van der Waals surface area (Å²) in [4.78, 5) is 18.0. The molecular weight excluding hydrogens is 332 g/mol. The monoisotopic (exact) mass is 350 g/mol. The Morgan fingerprint density at radius 2 is 2.12 bits per heavy atom. The van der Waals surface area contributed by atoms with Crippen molar-refractivity contribution in [2.24, 2.45) is 0 Å². The van der Waals surface area contributed by atoms with Gasteiger partial charge in [0.05, 0.1) is 24.7 Å².